The van der Waals surface area contributed by atoms with E-state index in [4.69, 9.17) is 41.9 Å². The number of alkyl halides is 4. The molecule has 1 aliphatic heterocycles. The molecule has 2 amide bonds. The molecule has 2 saturated carbocycles. The fourth-order valence-electron chi connectivity index (χ4n) is 5.06. The van der Waals surface area contributed by atoms with Gasteiger partial charge in [-0.05, 0) is 37.7 Å². The Morgan fingerprint density at radius 3 is 2.42 bits per heavy atom. The maximum atomic E-state index is 15.2. The quantitative estimate of drug-likeness (QED) is 0.423. The fraction of sp³-hybridized carbons (Fsp3) is 0.682. The third kappa shape index (κ3) is 4.71. The van der Waals surface area contributed by atoms with Crippen molar-refractivity contribution in [2.45, 2.75) is 79.2 Å². The van der Waals surface area contributed by atoms with Crippen molar-refractivity contribution in [1.29, 1.82) is 0 Å². The van der Waals surface area contributed by atoms with Crippen LogP contribution >= 0.6 is 0 Å². The molecule has 0 aromatic carbocycles. The number of rotatable bonds is 7. The number of ether oxygens (including phenoxy) is 1. The fourth-order valence-corrected chi connectivity index (χ4v) is 5.06. The summed E-state index contributed by atoms with van der Waals surface area (Å²) in [5.74, 6) is -7.02. The minimum atomic E-state index is -4.16. The van der Waals surface area contributed by atoms with E-state index < -0.39 is 40.6 Å². The van der Waals surface area contributed by atoms with Crippen LogP contribution in [-0.2, 0) is 4.74 Å². The van der Waals surface area contributed by atoms with E-state index >= 15 is 8.78 Å². The Hall–Kier alpha value is -2.21. The third-order valence-electron chi connectivity index (χ3n) is 7.64. The van der Waals surface area contributed by atoms with Gasteiger partial charge in [0.1, 0.15) is 0 Å². The van der Waals surface area contributed by atoms with Crippen LogP contribution < -0.4 is 11.1 Å². The largest absolute Gasteiger partial charge is 0.376 e. The second-order valence-corrected chi connectivity index (χ2v) is 10.6. The predicted octanol–water partition coefficient (Wildman–Crippen LogP) is 1.42. The van der Waals surface area contributed by atoms with Gasteiger partial charge in [-0.1, -0.05) is 0 Å². The summed E-state index contributed by atoms with van der Waals surface area (Å²) in [4.78, 5) is 18.0. The van der Waals surface area contributed by atoms with Crippen LogP contribution in [0.4, 0.5) is 22.4 Å². The van der Waals surface area contributed by atoms with Gasteiger partial charge in [-0.3, -0.25) is 0 Å². The van der Waals surface area contributed by atoms with Crippen molar-refractivity contribution in [2.24, 2.45) is 11.7 Å². The van der Waals surface area contributed by atoms with Crippen LogP contribution in [0.15, 0.2) is 18.5 Å². The van der Waals surface area contributed by atoms with Gasteiger partial charge in [0.2, 0.25) is 5.92 Å². The van der Waals surface area contributed by atoms with Crippen LogP contribution in [-0.4, -0.2) is 92.1 Å². The number of aromatic nitrogens is 3. The van der Waals surface area contributed by atoms with E-state index in [1.807, 2.05) is 5.32 Å². The van der Waals surface area contributed by atoms with Crippen molar-refractivity contribution in [2.75, 3.05) is 6.61 Å². The number of amides is 2. The Bertz CT molecular complexity index is 1220. The highest BCUT2D eigenvalue weighted by atomic mass is 19.3. The lowest BCUT2D eigenvalue weighted by atomic mass is 9.43. The SMILES string of the molecule is [B]C1([B])NC(=O)N([C@H](COC2CC2)c2cnn3cc([C@@H](N)C4CCC(F)(F)CC4)nc3c2)C([B])([B])C1(F)F. The average molecular weight is 524 g/mol. The molecular weight excluding hydrogens is 500 g/mol. The minimum absolute atomic E-state index is 0.0884. The number of hydrogen-bond donors (Lipinski definition) is 2. The summed E-state index contributed by atoms with van der Waals surface area (Å²) >= 11 is 0. The van der Waals surface area contributed by atoms with Crippen molar-refractivity contribution in [3.63, 3.8) is 0 Å². The summed E-state index contributed by atoms with van der Waals surface area (Å²) < 4.78 is 64.6. The molecule has 0 spiro atoms. The highest BCUT2D eigenvalue weighted by molar-refractivity contribution is 6.48. The lowest BCUT2D eigenvalue weighted by Crippen LogP contribution is -2.83. The first-order valence-electron chi connectivity index (χ1n) is 12.4. The van der Waals surface area contributed by atoms with Crippen molar-refractivity contribution < 1.29 is 27.1 Å². The molecule has 38 heavy (non-hydrogen) atoms. The Labute approximate surface area is 222 Å². The highest BCUT2D eigenvalue weighted by Gasteiger charge is 2.64. The van der Waals surface area contributed by atoms with E-state index in [-0.39, 0.29) is 49.9 Å². The number of halogens is 4. The predicted molar refractivity (Wildman–Crippen MR) is 132 cm³/mol. The number of hydrogen-bond acceptors (Lipinski definition) is 5. The number of nitrogens with one attached hydrogen (secondary N) is 1. The van der Waals surface area contributed by atoms with Gasteiger partial charge in [-0.15, -0.1) is 0 Å². The number of carbonyl (C=O) groups excluding carboxylic acids is 1. The van der Waals surface area contributed by atoms with E-state index in [1.54, 1.807) is 6.20 Å². The second-order valence-electron chi connectivity index (χ2n) is 10.6. The molecule has 2 aromatic rings. The van der Waals surface area contributed by atoms with Gasteiger partial charge in [0.25, 0.3) is 5.92 Å². The van der Waals surface area contributed by atoms with Crippen LogP contribution in [0.5, 0.6) is 0 Å². The summed E-state index contributed by atoms with van der Waals surface area (Å²) in [6.45, 7) is -0.215. The molecule has 16 heteroatoms. The van der Waals surface area contributed by atoms with E-state index in [1.165, 1.54) is 16.8 Å². The lowest BCUT2D eigenvalue weighted by Gasteiger charge is -2.58. The molecule has 8 nitrogen and oxygen atoms in total. The maximum Gasteiger partial charge on any atom is 0.316 e. The van der Waals surface area contributed by atoms with Crippen LogP contribution in [0.3, 0.4) is 0 Å². The number of fused-ring (bicyclic) bond motifs is 1. The van der Waals surface area contributed by atoms with E-state index in [9.17, 15) is 13.6 Å². The van der Waals surface area contributed by atoms with Crippen LogP contribution in [0, 0.1) is 5.92 Å². The van der Waals surface area contributed by atoms with Crippen molar-refractivity contribution in [3.05, 3.63) is 29.7 Å². The number of imidazole rings is 1. The summed E-state index contributed by atoms with van der Waals surface area (Å²) in [6, 6.07) is -1.40. The molecule has 3 heterocycles. The maximum absolute atomic E-state index is 15.2. The Kier molecular flexibility index (Phi) is 6.61. The number of carbonyl (C=O) groups is 1. The number of urea groups is 1. The smallest absolute Gasteiger partial charge is 0.316 e. The molecule has 1 saturated heterocycles. The molecule has 0 bridgehead atoms. The second kappa shape index (κ2) is 9.18. The summed E-state index contributed by atoms with van der Waals surface area (Å²) in [5.41, 5.74) is 7.36. The number of nitrogens with zero attached hydrogens (tertiary/aromatic N) is 4. The molecule has 5 rings (SSSR count). The monoisotopic (exact) mass is 524 g/mol. The summed E-state index contributed by atoms with van der Waals surface area (Å²) in [5, 5.41) is 0.0807. The minimum Gasteiger partial charge on any atom is -0.376 e. The van der Waals surface area contributed by atoms with Crippen LogP contribution in [0.25, 0.3) is 5.65 Å². The van der Waals surface area contributed by atoms with Crippen LogP contribution in [0.2, 0.25) is 0 Å². The topological polar surface area (TPSA) is 97.8 Å². The van der Waals surface area contributed by atoms with Crippen LogP contribution in [0.1, 0.15) is 61.9 Å². The molecule has 8 radical (unpaired) electrons. The van der Waals surface area contributed by atoms with E-state index in [0.717, 1.165) is 12.8 Å². The standard InChI is InChI=1S/C22H24B4F4N6O2/c23-21(24)20(29,30)22(25,26)36(18(37)34-21)15(10-38-13-1-2-13)12-7-16-33-14(9-35(16)32-8-12)17(31)11-3-5-19(27,28)6-4-11/h7-9,11,13,15,17H,1-6,10,31H2,(H,34,37)/t15-,17+/m1/s1. The van der Waals surface area contributed by atoms with Gasteiger partial charge in [0.05, 0.1) is 74.3 Å². The zero-order valence-corrected chi connectivity index (χ0v) is 20.5. The molecule has 194 valence electrons. The van der Waals surface area contributed by atoms with Gasteiger partial charge in [-0.25, -0.2) is 31.9 Å². The molecule has 3 aliphatic rings. The zero-order valence-electron chi connectivity index (χ0n) is 20.5. The van der Waals surface area contributed by atoms with Crippen molar-refractivity contribution >= 4 is 43.1 Å². The third-order valence-corrected chi connectivity index (χ3v) is 7.64. The molecule has 2 aromatic heterocycles. The molecule has 2 aliphatic carbocycles. The zero-order chi connectivity index (χ0) is 27.7. The highest BCUT2D eigenvalue weighted by Crippen LogP contribution is 2.44. The average Bonchev–Trinajstić information content (AvgIpc) is 3.55. The lowest BCUT2D eigenvalue weighted by molar-refractivity contribution is -0.109. The van der Waals surface area contributed by atoms with Gasteiger partial charge in [0.15, 0.2) is 5.65 Å². The molecule has 3 fully saturated rings. The first-order valence-corrected chi connectivity index (χ1v) is 12.4. The normalized spacial score (nSPS) is 26.1. The Morgan fingerprint density at radius 1 is 1.13 bits per heavy atom. The molecule has 3 N–H and O–H groups in total. The van der Waals surface area contributed by atoms with E-state index in [0.29, 0.717) is 16.2 Å². The Balaban J connectivity index is 1.46. The first kappa shape index (κ1) is 27.4. The van der Waals surface area contributed by atoms with Crippen molar-refractivity contribution in [3.8, 4) is 0 Å². The molecular formula is C22H24B4F4N6O2. The molecule has 2 atom stereocenters. The molecule has 0 unspecified atom stereocenters. The summed E-state index contributed by atoms with van der Waals surface area (Å²) in [7, 11) is 22.6. The number of nitrogens with two attached hydrogens (primary N) is 1. The first-order chi connectivity index (χ1) is 17.6. The van der Waals surface area contributed by atoms with Gasteiger partial charge < -0.3 is 20.7 Å². The van der Waals surface area contributed by atoms with E-state index in [2.05, 4.69) is 10.1 Å². The van der Waals surface area contributed by atoms with Gasteiger partial charge in [0, 0.05) is 29.1 Å². The summed E-state index contributed by atoms with van der Waals surface area (Å²) in [6.07, 6.45) is 4.46. The Morgan fingerprint density at radius 2 is 1.79 bits per heavy atom. The van der Waals surface area contributed by atoms with Gasteiger partial charge in [-0.2, -0.15) is 5.10 Å². The van der Waals surface area contributed by atoms with Gasteiger partial charge >= 0.3 is 6.03 Å². The van der Waals surface area contributed by atoms with Crippen molar-refractivity contribution in [1.82, 2.24) is 24.8 Å².